The normalized spacial score (nSPS) is 22.9. The Hall–Kier alpha value is -0.880. The molecule has 2 heterocycles. The average molecular weight is 243 g/mol. The van der Waals surface area contributed by atoms with E-state index in [1.807, 2.05) is 0 Å². The molecule has 88 valence electrons. The van der Waals surface area contributed by atoms with Crippen LogP contribution in [0.15, 0.2) is 17.6 Å². The second kappa shape index (κ2) is 5.45. The molecular formula is C10H14FN3OS. The Morgan fingerprint density at radius 1 is 1.44 bits per heavy atom. The van der Waals surface area contributed by atoms with Crippen molar-refractivity contribution in [1.82, 2.24) is 15.3 Å². The molecule has 6 heteroatoms. The van der Waals surface area contributed by atoms with Gasteiger partial charge in [-0.3, -0.25) is 4.21 Å². The number of nitrogens with one attached hydrogen (secondary N) is 1. The summed E-state index contributed by atoms with van der Waals surface area (Å²) in [6.07, 6.45) is 5.48. The third kappa shape index (κ3) is 3.05. The first-order chi connectivity index (χ1) is 7.75. The van der Waals surface area contributed by atoms with Crippen LogP contribution in [0.1, 0.15) is 19.3 Å². The number of aromatic nitrogens is 2. The van der Waals surface area contributed by atoms with Crippen molar-refractivity contribution < 1.29 is 8.60 Å². The van der Waals surface area contributed by atoms with Crippen LogP contribution in [0.2, 0.25) is 0 Å². The van der Waals surface area contributed by atoms with Gasteiger partial charge in [-0.15, -0.1) is 0 Å². The first-order valence-corrected chi connectivity index (χ1v) is 6.67. The minimum atomic E-state index is -1.24. The van der Waals surface area contributed by atoms with Gasteiger partial charge in [0.05, 0.1) is 23.2 Å². The van der Waals surface area contributed by atoms with Gasteiger partial charge in [0, 0.05) is 11.8 Å². The molecule has 2 rings (SSSR count). The summed E-state index contributed by atoms with van der Waals surface area (Å²) in [6, 6.07) is 0.267. The highest BCUT2D eigenvalue weighted by Gasteiger charge is 2.17. The SMILES string of the molecule is O=[S@](C[C@@H]1CCCCN1)c1ncc(F)cn1. The molecule has 1 aromatic heterocycles. The maximum absolute atomic E-state index is 12.6. The fraction of sp³-hybridized carbons (Fsp3) is 0.600. The highest BCUT2D eigenvalue weighted by Crippen LogP contribution is 2.10. The molecule has 1 fully saturated rings. The standard InChI is InChI=1S/C10H14FN3OS/c11-8-5-13-10(14-6-8)16(15)7-9-3-1-2-4-12-9/h5-6,9,12H,1-4,7H2/t9-,16+/m0/s1. The molecule has 1 N–H and O–H groups in total. The van der Waals surface area contributed by atoms with Crippen LogP contribution < -0.4 is 5.32 Å². The van der Waals surface area contributed by atoms with Crippen molar-refractivity contribution in [3.05, 3.63) is 18.2 Å². The van der Waals surface area contributed by atoms with E-state index in [9.17, 15) is 8.60 Å². The lowest BCUT2D eigenvalue weighted by atomic mass is 10.1. The molecule has 0 saturated carbocycles. The summed E-state index contributed by atoms with van der Waals surface area (Å²) in [7, 11) is -1.24. The minimum Gasteiger partial charge on any atom is -0.313 e. The predicted octanol–water partition coefficient (Wildman–Crippen LogP) is 0.865. The molecule has 16 heavy (non-hydrogen) atoms. The number of rotatable bonds is 3. The lowest BCUT2D eigenvalue weighted by molar-refractivity contribution is 0.427. The van der Waals surface area contributed by atoms with E-state index in [-0.39, 0.29) is 11.2 Å². The van der Waals surface area contributed by atoms with Crippen LogP contribution in [0.5, 0.6) is 0 Å². The molecule has 0 spiro atoms. The lowest BCUT2D eigenvalue weighted by Crippen LogP contribution is -2.38. The first-order valence-electron chi connectivity index (χ1n) is 5.35. The van der Waals surface area contributed by atoms with E-state index in [0.29, 0.717) is 5.75 Å². The van der Waals surface area contributed by atoms with Crippen molar-refractivity contribution in [3.8, 4) is 0 Å². The Morgan fingerprint density at radius 3 is 2.81 bits per heavy atom. The average Bonchev–Trinajstić information content (AvgIpc) is 2.31. The van der Waals surface area contributed by atoms with Gasteiger partial charge in [0.25, 0.3) is 0 Å². The molecule has 1 aromatic rings. The number of halogens is 1. The summed E-state index contributed by atoms with van der Waals surface area (Å²) in [5, 5.41) is 3.52. The summed E-state index contributed by atoms with van der Waals surface area (Å²) in [6.45, 7) is 0.978. The Labute approximate surface area is 96.1 Å². The van der Waals surface area contributed by atoms with E-state index in [1.165, 1.54) is 12.8 Å². The third-order valence-electron chi connectivity index (χ3n) is 2.57. The maximum Gasteiger partial charge on any atom is 0.218 e. The van der Waals surface area contributed by atoms with E-state index in [0.717, 1.165) is 25.4 Å². The topological polar surface area (TPSA) is 54.9 Å². The molecular weight excluding hydrogens is 229 g/mol. The lowest BCUT2D eigenvalue weighted by Gasteiger charge is -2.22. The van der Waals surface area contributed by atoms with Crippen molar-refractivity contribution in [2.24, 2.45) is 0 Å². The van der Waals surface area contributed by atoms with Gasteiger partial charge in [-0.1, -0.05) is 6.42 Å². The molecule has 4 nitrogen and oxygen atoms in total. The number of hydrogen-bond donors (Lipinski definition) is 1. The second-order valence-electron chi connectivity index (χ2n) is 3.84. The smallest absolute Gasteiger partial charge is 0.218 e. The van der Waals surface area contributed by atoms with Crippen LogP contribution in [0.4, 0.5) is 4.39 Å². The third-order valence-corrected chi connectivity index (χ3v) is 3.89. The molecule has 0 unspecified atom stereocenters. The van der Waals surface area contributed by atoms with Crippen LogP contribution in [0.3, 0.4) is 0 Å². The zero-order valence-corrected chi connectivity index (χ0v) is 9.67. The zero-order valence-electron chi connectivity index (χ0n) is 8.86. The van der Waals surface area contributed by atoms with Crippen molar-refractivity contribution in [3.63, 3.8) is 0 Å². The highest BCUT2D eigenvalue weighted by atomic mass is 32.2. The predicted molar refractivity (Wildman–Crippen MR) is 58.9 cm³/mol. The maximum atomic E-state index is 12.6. The van der Waals surface area contributed by atoms with Gasteiger partial charge in [-0.25, -0.2) is 14.4 Å². The van der Waals surface area contributed by atoms with Crippen molar-refractivity contribution in [2.45, 2.75) is 30.5 Å². The van der Waals surface area contributed by atoms with E-state index in [2.05, 4.69) is 15.3 Å². The fourth-order valence-electron chi connectivity index (χ4n) is 1.74. The molecule has 2 atom stereocenters. The van der Waals surface area contributed by atoms with E-state index < -0.39 is 16.6 Å². The summed E-state index contributed by atoms with van der Waals surface area (Å²) < 4.78 is 24.4. The van der Waals surface area contributed by atoms with Crippen molar-refractivity contribution >= 4 is 10.8 Å². The zero-order chi connectivity index (χ0) is 11.4. The van der Waals surface area contributed by atoms with Gasteiger partial charge in [0.1, 0.15) is 0 Å². The van der Waals surface area contributed by atoms with Gasteiger partial charge in [0.15, 0.2) is 5.82 Å². The highest BCUT2D eigenvalue weighted by molar-refractivity contribution is 7.84. The van der Waals surface area contributed by atoms with Gasteiger partial charge in [-0.05, 0) is 19.4 Å². The monoisotopic (exact) mass is 243 g/mol. The van der Waals surface area contributed by atoms with Gasteiger partial charge < -0.3 is 5.32 Å². The van der Waals surface area contributed by atoms with E-state index in [1.54, 1.807) is 0 Å². The molecule has 0 bridgehead atoms. The quantitative estimate of drug-likeness (QED) is 0.800. The molecule has 1 saturated heterocycles. The summed E-state index contributed by atoms with van der Waals surface area (Å²) in [5.74, 6) is 0.00239. The Kier molecular flexibility index (Phi) is 3.95. The van der Waals surface area contributed by atoms with Crippen molar-refractivity contribution in [1.29, 1.82) is 0 Å². The summed E-state index contributed by atoms with van der Waals surface area (Å²) >= 11 is 0. The number of piperidine rings is 1. The minimum absolute atomic E-state index is 0.216. The Balaban J connectivity index is 1.94. The summed E-state index contributed by atoms with van der Waals surface area (Å²) in [4.78, 5) is 7.46. The van der Waals surface area contributed by atoms with Crippen LogP contribution in [-0.2, 0) is 10.8 Å². The first kappa shape index (κ1) is 11.6. The largest absolute Gasteiger partial charge is 0.313 e. The van der Waals surface area contributed by atoms with Crippen molar-refractivity contribution in [2.75, 3.05) is 12.3 Å². The molecule has 1 aliphatic rings. The molecule has 0 radical (unpaired) electrons. The number of nitrogens with zero attached hydrogens (tertiary/aromatic N) is 2. The fourth-order valence-corrected chi connectivity index (χ4v) is 2.88. The molecule has 0 amide bonds. The van der Waals surface area contributed by atoms with Gasteiger partial charge in [0.2, 0.25) is 5.16 Å². The molecule has 1 aliphatic heterocycles. The number of hydrogen-bond acceptors (Lipinski definition) is 4. The van der Waals surface area contributed by atoms with Crippen LogP contribution in [-0.4, -0.2) is 32.5 Å². The van der Waals surface area contributed by atoms with Gasteiger partial charge in [-0.2, -0.15) is 0 Å². The van der Waals surface area contributed by atoms with Crippen LogP contribution in [0.25, 0.3) is 0 Å². The van der Waals surface area contributed by atoms with Crippen LogP contribution >= 0.6 is 0 Å². The second-order valence-corrected chi connectivity index (χ2v) is 5.23. The van der Waals surface area contributed by atoms with E-state index >= 15 is 0 Å². The molecule has 0 aliphatic carbocycles. The van der Waals surface area contributed by atoms with E-state index in [4.69, 9.17) is 0 Å². The Morgan fingerprint density at radius 2 is 2.19 bits per heavy atom. The molecule has 0 aromatic carbocycles. The van der Waals surface area contributed by atoms with Crippen LogP contribution in [0, 0.1) is 5.82 Å². The summed E-state index contributed by atoms with van der Waals surface area (Å²) in [5.41, 5.74) is 0. The Bertz CT molecular complexity index is 365. The van der Waals surface area contributed by atoms with Gasteiger partial charge >= 0.3 is 0 Å².